The molecule has 1 saturated carbocycles. The second-order valence-corrected chi connectivity index (χ2v) is 17.0. The number of carbonyl (C=O) groups excluding carboxylic acids is 2. The van der Waals surface area contributed by atoms with E-state index in [4.69, 9.17) is 9.47 Å². The molecular weight excluding hydrogens is 762 g/mol. The zero-order valence-corrected chi connectivity index (χ0v) is 35.2. The zero-order valence-electron chi connectivity index (χ0n) is 35.2. The van der Waals surface area contributed by atoms with Crippen molar-refractivity contribution < 1.29 is 23.5 Å². The fourth-order valence-corrected chi connectivity index (χ4v) is 9.05. The Labute approximate surface area is 351 Å². The van der Waals surface area contributed by atoms with Crippen LogP contribution in [-0.2, 0) is 17.8 Å². The molecule has 14 heteroatoms. The highest BCUT2D eigenvalue weighted by atomic mass is 19.1. The van der Waals surface area contributed by atoms with Gasteiger partial charge in [-0.15, -0.1) is 0 Å². The van der Waals surface area contributed by atoms with E-state index in [2.05, 4.69) is 85.9 Å². The molecule has 0 spiro atoms. The lowest BCUT2D eigenvalue weighted by atomic mass is 9.91. The number of ether oxygens (including phenoxy) is 2. The number of aromatic nitrogens is 4. The number of amides is 2. The fourth-order valence-electron chi connectivity index (χ4n) is 9.05. The summed E-state index contributed by atoms with van der Waals surface area (Å²) in [5.74, 6) is -0.803. The molecule has 3 atom stereocenters. The number of halogens is 1. The number of pyridine rings is 1. The number of carbonyl (C=O) groups is 2. The summed E-state index contributed by atoms with van der Waals surface area (Å²) in [7, 11) is 0. The summed E-state index contributed by atoms with van der Waals surface area (Å²) in [5, 5.41) is 14.2. The summed E-state index contributed by atoms with van der Waals surface area (Å²) in [4.78, 5) is 40.7. The van der Waals surface area contributed by atoms with Gasteiger partial charge in [-0.25, -0.2) is 18.9 Å². The highest BCUT2D eigenvalue weighted by molar-refractivity contribution is 6.00. The van der Waals surface area contributed by atoms with Crippen LogP contribution in [0.3, 0.4) is 0 Å². The molecule has 0 bridgehead atoms. The van der Waals surface area contributed by atoms with Crippen LogP contribution in [0.25, 0.3) is 16.8 Å². The number of fused-ring (bicyclic) bond motifs is 1. The Bertz CT molecular complexity index is 2330. The van der Waals surface area contributed by atoms with Crippen molar-refractivity contribution in [1.82, 2.24) is 45.3 Å². The van der Waals surface area contributed by atoms with E-state index in [1.165, 1.54) is 17.2 Å². The van der Waals surface area contributed by atoms with Crippen LogP contribution in [0.1, 0.15) is 89.7 Å². The minimum Gasteiger partial charge on any atom is -0.438 e. The Balaban J connectivity index is 0.943. The number of hydrogen-bond acceptors (Lipinski definition) is 10. The number of nitrogens with one attached hydrogen (secondary N) is 3. The van der Waals surface area contributed by atoms with E-state index in [0.717, 1.165) is 61.4 Å². The van der Waals surface area contributed by atoms with Gasteiger partial charge in [-0.05, 0) is 107 Å². The molecule has 5 heterocycles. The average molecular weight is 818 g/mol. The molecule has 316 valence electrons. The Hall–Kier alpha value is -5.28. The van der Waals surface area contributed by atoms with Crippen LogP contribution < -0.4 is 20.7 Å². The fraction of sp³-hybridized carbons (Fsp3) is 0.457. The lowest BCUT2D eigenvalue weighted by Gasteiger charge is -2.36. The van der Waals surface area contributed by atoms with E-state index in [1.807, 2.05) is 38.1 Å². The number of piperazine rings is 1. The molecule has 2 amide bonds. The van der Waals surface area contributed by atoms with Crippen LogP contribution in [0, 0.1) is 19.7 Å². The van der Waals surface area contributed by atoms with Crippen molar-refractivity contribution in [3.05, 3.63) is 106 Å². The first kappa shape index (κ1) is 41.5. The molecule has 3 fully saturated rings. The van der Waals surface area contributed by atoms with Crippen LogP contribution in [0.2, 0.25) is 0 Å². The molecular formula is C46H56FN9O4. The third-order valence-electron chi connectivity index (χ3n) is 11.9. The van der Waals surface area contributed by atoms with E-state index < -0.39 is 11.7 Å². The summed E-state index contributed by atoms with van der Waals surface area (Å²) in [5.41, 5.74) is 7.27. The molecule has 8 rings (SSSR count). The van der Waals surface area contributed by atoms with Gasteiger partial charge in [-0.3, -0.25) is 19.4 Å². The molecule has 3 aliphatic rings. The minimum atomic E-state index is -0.632. The van der Waals surface area contributed by atoms with Gasteiger partial charge >= 0.3 is 0 Å². The van der Waals surface area contributed by atoms with Gasteiger partial charge in [0.05, 0.1) is 25.6 Å². The Kier molecular flexibility index (Phi) is 12.5. The number of benzene rings is 2. The number of hydrogen-bond donors (Lipinski definition) is 3. The summed E-state index contributed by atoms with van der Waals surface area (Å²) in [6.45, 7) is 16.5. The van der Waals surface area contributed by atoms with Crippen LogP contribution >= 0.6 is 0 Å². The van der Waals surface area contributed by atoms with Crippen molar-refractivity contribution >= 4 is 17.5 Å². The summed E-state index contributed by atoms with van der Waals surface area (Å²) in [6, 6.07) is 18.6. The van der Waals surface area contributed by atoms with Gasteiger partial charge in [0.25, 0.3) is 11.8 Å². The molecule has 60 heavy (non-hydrogen) atoms. The van der Waals surface area contributed by atoms with Crippen molar-refractivity contribution in [1.29, 1.82) is 0 Å². The van der Waals surface area contributed by atoms with Crippen LogP contribution in [-0.4, -0.2) is 104 Å². The highest BCUT2D eigenvalue weighted by Crippen LogP contribution is 2.33. The monoisotopic (exact) mass is 817 g/mol. The van der Waals surface area contributed by atoms with Crippen molar-refractivity contribution in [2.24, 2.45) is 0 Å². The van der Waals surface area contributed by atoms with Crippen molar-refractivity contribution in [2.45, 2.75) is 104 Å². The van der Waals surface area contributed by atoms with E-state index >= 15 is 0 Å². The summed E-state index contributed by atoms with van der Waals surface area (Å²) >= 11 is 0. The smallest absolute Gasteiger partial charge is 0.257 e. The second-order valence-electron chi connectivity index (χ2n) is 17.0. The normalized spacial score (nSPS) is 22.7. The molecule has 2 saturated heterocycles. The van der Waals surface area contributed by atoms with E-state index in [0.29, 0.717) is 74.0 Å². The molecule has 3 aromatic heterocycles. The van der Waals surface area contributed by atoms with Gasteiger partial charge in [0.1, 0.15) is 22.7 Å². The highest BCUT2D eigenvalue weighted by Gasteiger charge is 2.28. The van der Waals surface area contributed by atoms with Crippen LogP contribution in [0.5, 0.6) is 11.6 Å². The maximum atomic E-state index is 14.7. The third kappa shape index (κ3) is 9.68. The summed E-state index contributed by atoms with van der Waals surface area (Å²) < 4.78 is 28.4. The number of rotatable bonds is 11. The molecule has 3 N–H and O–H groups in total. The standard InChI is InChI=1S/C46H56FN9O4/c1-28-17-31(4)56-43(51-28)42(22-49-56)45(58)53-38-12-10-37(11-13-38)52-44(57)41-20-36(47)21-48-46(41)60-39-8-6-7-34(19-39)40-14-9-33(25-54-23-29(2)50-30(3)24-54)18-35(40)26-55-15-16-59-27-32(55)5/h6-9,14,17-22,29-30,32,37-38,50H,10-13,15-16,23-27H2,1-5H3,(H,52,57)(H,53,58)/t29-,30+,32-,37-,38-/m0/s1. The predicted molar refractivity (Wildman–Crippen MR) is 228 cm³/mol. The van der Waals surface area contributed by atoms with Gasteiger partial charge in [-0.2, -0.15) is 5.10 Å². The average Bonchev–Trinajstić information content (AvgIpc) is 3.64. The molecule has 2 aliphatic heterocycles. The SMILES string of the molecule is Cc1cc(C)n2ncc(C(=O)N[C@H]3CC[C@H](NC(=O)c4cc(F)cnc4Oc4cccc(-c5ccc(CN6C[C@@H](C)N[C@@H](C)C6)cc5CN5CCOC[C@@H]5C)c4)CC3)c2n1. The van der Waals surface area contributed by atoms with Gasteiger partial charge in [0.2, 0.25) is 5.88 Å². The topological polar surface area (TPSA) is 138 Å². The van der Waals surface area contributed by atoms with Gasteiger partial charge < -0.3 is 25.4 Å². The van der Waals surface area contributed by atoms with E-state index in [1.54, 1.807) is 10.7 Å². The minimum absolute atomic E-state index is 0.0184. The Morgan fingerprint density at radius 3 is 2.37 bits per heavy atom. The molecule has 0 radical (unpaired) electrons. The predicted octanol–water partition coefficient (Wildman–Crippen LogP) is 6.21. The van der Waals surface area contributed by atoms with Crippen molar-refractivity contribution in [2.75, 3.05) is 32.8 Å². The maximum Gasteiger partial charge on any atom is 0.257 e. The summed E-state index contributed by atoms with van der Waals surface area (Å²) in [6.07, 6.45) is 5.23. The lowest BCUT2D eigenvalue weighted by Crippen LogP contribution is -2.53. The molecule has 1 aliphatic carbocycles. The first-order valence-electron chi connectivity index (χ1n) is 21.2. The lowest BCUT2D eigenvalue weighted by molar-refractivity contribution is -0.00431. The van der Waals surface area contributed by atoms with E-state index in [-0.39, 0.29) is 29.4 Å². The quantitative estimate of drug-likeness (QED) is 0.141. The van der Waals surface area contributed by atoms with Crippen molar-refractivity contribution in [3.8, 4) is 22.8 Å². The van der Waals surface area contributed by atoms with Gasteiger partial charge in [0.15, 0.2) is 5.65 Å². The Morgan fingerprint density at radius 2 is 1.63 bits per heavy atom. The largest absolute Gasteiger partial charge is 0.438 e. The first-order valence-corrected chi connectivity index (χ1v) is 21.2. The van der Waals surface area contributed by atoms with Gasteiger partial charge in [0, 0.05) is 74.3 Å². The third-order valence-corrected chi connectivity index (χ3v) is 11.9. The molecule has 13 nitrogen and oxygen atoms in total. The van der Waals surface area contributed by atoms with Crippen LogP contribution in [0.4, 0.5) is 4.39 Å². The van der Waals surface area contributed by atoms with Crippen molar-refractivity contribution in [3.63, 3.8) is 0 Å². The van der Waals surface area contributed by atoms with E-state index in [9.17, 15) is 14.0 Å². The van der Waals surface area contributed by atoms with Crippen LogP contribution in [0.15, 0.2) is 67.0 Å². The molecule has 5 aromatic rings. The number of aryl methyl sites for hydroxylation is 2. The first-order chi connectivity index (χ1) is 28.9. The molecule has 2 aromatic carbocycles. The maximum absolute atomic E-state index is 14.7. The number of nitrogens with zero attached hydrogens (tertiary/aromatic N) is 6. The number of morpholine rings is 1. The van der Waals surface area contributed by atoms with Gasteiger partial charge in [-0.1, -0.05) is 30.3 Å². The second kappa shape index (κ2) is 18.1. The zero-order chi connectivity index (χ0) is 41.9. The molecule has 0 unspecified atom stereocenters. The Morgan fingerprint density at radius 1 is 0.900 bits per heavy atom.